The smallest absolute Gasteiger partial charge is 0.799 e. The van der Waals surface area contributed by atoms with Crippen LogP contribution in [0, 0.1) is 0 Å². The number of aliphatic carboxylic acids is 1. The van der Waals surface area contributed by atoms with E-state index in [2.05, 4.69) is 0 Å². The number of carboxylic acids is 1. The number of carbonyl (C=O) groups is 1. The van der Waals surface area contributed by atoms with Gasteiger partial charge in [-0.3, -0.25) is 4.79 Å². The van der Waals surface area contributed by atoms with Crippen LogP contribution in [-0.2, 0) is 9.36 Å². The molecule has 0 saturated heterocycles. The Labute approximate surface area is 95.1 Å². The van der Waals surface area contributed by atoms with Crippen LogP contribution in [0.1, 0.15) is 20.8 Å². The molecule has 0 aliphatic carbocycles. The predicted molar refractivity (Wildman–Crippen MR) is 42.0 cm³/mol. The van der Waals surface area contributed by atoms with Gasteiger partial charge in [0, 0.05) is 14.3 Å². The maximum atomic E-state index is 10.4. The van der Waals surface area contributed by atoms with Crippen LogP contribution >= 0.6 is 7.37 Å². The van der Waals surface area contributed by atoms with E-state index in [4.69, 9.17) is 9.90 Å². The molecule has 0 aromatic carbocycles. The third-order valence-corrected chi connectivity index (χ3v) is 2.89. The average molecular weight is 204 g/mol. The molecule has 0 aliphatic rings. The van der Waals surface area contributed by atoms with E-state index in [1.807, 2.05) is 0 Å². The molecule has 0 fully saturated rings. The Morgan fingerprint density at radius 3 is 1.58 bits per heavy atom. The largest absolute Gasteiger partial charge is 1.00 e. The number of rotatable bonds is 2. The van der Waals surface area contributed by atoms with Crippen LogP contribution in [0.5, 0.6) is 0 Å². The van der Waals surface area contributed by atoms with Crippen LogP contribution in [-0.4, -0.2) is 23.4 Å². The van der Waals surface area contributed by atoms with Gasteiger partial charge in [0.05, 0.1) is 0 Å². The Hall–Kier alpha value is 0.660. The second kappa shape index (κ2) is 9.75. The minimum atomic E-state index is -2.90. The van der Waals surface area contributed by atoms with Crippen molar-refractivity contribution in [3.8, 4) is 0 Å². The second-order valence-electron chi connectivity index (χ2n) is 1.97. The van der Waals surface area contributed by atoms with Crippen molar-refractivity contribution in [3.63, 3.8) is 0 Å². The molecule has 0 saturated carbocycles. The van der Waals surface area contributed by atoms with Gasteiger partial charge >= 0.3 is 29.6 Å². The summed E-state index contributed by atoms with van der Waals surface area (Å²) in [6.07, 6.45) is 0.590. The molecule has 0 aromatic rings. The fourth-order valence-electron chi connectivity index (χ4n) is 0.224. The third kappa shape index (κ3) is 22.4. The van der Waals surface area contributed by atoms with E-state index >= 15 is 0 Å². The fourth-order valence-corrected chi connectivity index (χ4v) is 0.671. The van der Waals surface area contributed by atoms with Gasteiger partial charge in [0.2, 0.25) is 0 Å². The Kier molecular flexibility index (Phi) is 15.0. The van der Waals surface area contributed by atoms with Gasteiger partial charge in [0.15, 0.2) is 0 Å². The minimum absolute atomic E-state index is 0. The van der Waals surface area contributed by atoms with E-state index < -0.39 is 13.3 Å². The van der Waals surface area contributed by atoms with Crippen molar-refractivity contribution in [1.82, 2.24) is 0 Å². The Bertz CT molecular complexity index is 148. The zero-order chi connectivity index (χ0) is 9.49. The maximum absolute atomic E-state index is 10.4. The summed E-state index contributed by atoms with van der Waals surface area (Å²) in [5.74, 6) is -0.833. The summed E-state index contributed by atoms with van der Waals surface area (Å²) in [5, 5.41) is 7.42. The fraction of sp³-hybridized carbons (Fsp3) is 0.833. The summed E-state index contributed by atoms with van der Waals surface area (Å²) in [4.78, 5) is 19.4. The van der Waals surface area contributed by atoms with Gasteiger partial charge in [-0.15, -0.1) is 0 Å². The van der Waals surface area contributed by atoms with Crippen molar-refractivity contribution in [2.75, 3.05) is 12.3 Å². The molecule has 0 bridgehead atoms. The molecular weight excluding hydrogens is 190 g/mol. The molecule has 0 radical (unpaired) electrons. The first-order chi connectivity index (χ1) is 4.85. The van der Waals surface area contributed by atoms with E-state index in [-0.39, 0.29) is 29.6 Å². The van der Waals surface area contributed by atoms with Gasteiger partial charge in [-0.05, 0) is 12.3 Å². The first-order valence-corrected chi connectivity index (χ1v) is 5.33. The molecule has 68 valence electrons. The van der Waals surface area contributed by atoms with Crippen molar-refractivity contribution in [2.45, 2.75) is 20.8 Å². The van der Waals surface area contributed by atoms with Gasteiger partial charge in [0.1, 0.15) is 0 Å². The molecule has 0 rings (SSSR count). The summed E-state index contributed by atoms with van der Waals surface area (Å²) in [6.45, 7) is 4.41. The second-order valence-corrected chi connectivity index (χ2v) is 4.86. The van der Waals surface area contributed by atoms with Gasteiger partial charge in [0.25, 0.3) is 5.97 Å². The minimum Gasteiger partial charge on any atom is -0.799 e. The van der Waals surface area contributed by atoms with E-state index in [0.717, 1.165) is 6.92 Å². The summed E-state index contributed by atoms with van der Waals surface area (Å²) in [7, 11) is -2.90. The van der Waals surface area contributed by atoms with Crippen LogP contribution in [0.25, 0.3) is 0 Å². The molecule has 1 N–H and O–H groups in total. The van der Waals surface area contributed by atoms with Crippen molar-refractivity contribution in [1.29, 1.82) is 0 Å². The molecule has 0 atom stereocenters. The van der Waals surface area contributed by atoms with Gasteiger partial charge < -0.3 is 14.6 Å². The van der Waals surface area contributed by atoms with E-state index in [1.54, 1.807) is 13.8 Å². The van der Waals surface area contributed by atoms with E-state index in [1.165, 1.54) is 0 Å². The normalized spacial score (nSPS) is 9.00. The average Bonchev–Trinajstić information content (AvgIpc) is 1.87. The Morgan fingerprint density at radius 1 is 1.42 bits per heavy atom. The number of hydrogen-bond acceptors (Lipinski definition) is 3. The first-order valence-electron chi connectivity index (χ1n) is 3.34. The molecule has 12 heavy (non-hydrogen) atoms. The molecule has 0 aromatic heterocycles. The quantitative estimate of drug-likeness (QED) is 0.407. The first kappa shape index (κ1) is 18.4. The van der Waals surface area contributed by atoms with Crippen LogP contribution in [0.2, 0.25) is 0 Å². The predicted octanol–water partition coefficient (Wildman–Crippen LogP) is -2.24. The van der Waals surface area contributed by atoms with Gasteiger partial charge in [-0.25, -0.2) is 0 Å². The summed E-state index contributed by atoms with van der Waals surface area (Å²) >= 11 is 0. The van der Waals surface area contributed by atoms with Crippen LogP contribution in [0.4, 0.5) is 0 Å². The molecule has 0 aliphatic heterocycles. The summed E-state index contributed by atoms with van der Waals surface area (Å²) in [6, 6.07) is 0. The van der Waals surface area contributed by atoms with Crippen molar-refractivity contribution in [2.24, 2.45) is 0 Å². The summed E-state index contributed by atoms with van der Waals surface area (Å²) < 4.78 is 10.4. The monoisotopic (exact) mass is 204 g/mol. The summed E-state index contributed by atoms with van der Waals surface area (Å²) in [5.41, 5.74) is 0. The van der Waals surface area contributed by atoms with Crippen molar-refractivity contribution >= 4 is 13.3 Å². The Morgan fingerprint density at radius 2 is 1.58 bits per heavy atom. The van der Waals surface area contributed by atoms with Crippen molar-refractivity contribution in [3.05, 3.63) is 0 Å². The maximum Gasteiger partial charge on any atom is 1.00 e. The van der Waals surface area contributed by atoms with Crippen molar-refractivity contribution < 1.29 is 48.9 Å². The topological polar surface area (TPSA) is 77.4 Å². The third-order valence-electron chi connectivity index (χ3n) is 0.964. The van der Waals surface area contributed by atoms with Crippen LogP contribution < -0.4 is 34.5 Å². The molecule has 4 nitrogen and oxygen atoms in total. The molecule has 0 unspecified atom stereocenters. The molecule has 0 amide bonds. The zero-order valence-electron chi connectivity index (χ0n) is 8.03. The number of hydrogen-bond donors (Lipinski definition) is 1. The standard InChI is InChI=1S/C4H11O2P.C2H4O2.Na/c1-3-7(5,6)4-2;1-2(3)4;/h3-4H2,1-2H3,(H,5,6);1H3,(H,3,4);/q;;+1/p-1. The zero-order valence-corrected chi connectivity index (χ0v) is 10.9. The number of carboxylic acid groups (broad SMARTS) is 1. The molecule has 0 spiro atoms. The van der Waals surface area contributed by atoms with Gasteiger partial charge in [-0.2, -0.15) is 0 Å². The molecular formula is C6H14NaO4P. The molecule has 6 heteroatoms. The van der Waals surface area contributed by atoms with Crippen LogP contribution in [0.15, 0.2) is 0 Å². The van der Waals surface area contributed by atoms with E-state index in [9.17, 15) is 9.46 Å². The molecule has 0 heterocycles. The van der Waals surface area contributed by atoms with Gasteiger partial charge in [-0.1, -0.05) is 13.8 Å². The SMILES string of the molecule is CC(=O)O.CCP(=O)([O-])CC.[Na+]. The Balaban J connectivity index is -0.000000142. The van der Waals surface area contributed by atoms with Crippen LogP contribution in [0.3, 0.4) is 0 Å². The van der Waals surface area contributed by atoms with E-state index in [0.29, 0.717) is 12.3 Å².